The smallest absolute Gasteiger partial charge is 0.404 e. The van der Waals surface area contributed by atoms with Crippen LogP contribution in [0.25, 0.3) is 10.9 Å². The second-order valence-corrected chi connectivity index (χ2v) is 13.8. The molecule has 0 unspecified atom stereocenters. The molecule has 1 saturated heterocycles. The highest BCUT2D eigenvalue weighted by molar-refractivity contribution is 6.48. The van der Waals surface area contributed by atoms with Gasteiger partial charge in [0, 0.05) is 11.9 Å². The maximum Gasteiger partial charge on any atom is 0.481 e. The molecule has 1 aliphatic heterocycles. The van der Waals surface area contributed by atoms with Crippen molar-refractivity contribution in [2.24, 2.45) is 33.9 Å². The highest BCUT2D eigenvalue weighted by Gasteiger charge is 2.68. The summed E-state index contributed by atoms with van der Waals surface area (Å²) in [6, 6.07) is 9.96. The summed E-state index contributed by atoms with van der Waals surface area (Å²) < 4.78 is 13.2. The van der Waals surface area contributed by atoms with Gasteiger partial charge in [0.15, 0.2) is 5.03 Å². The van der Waals surface area contributed by atoms with Gasteiger partial charge in [-0.05, 0) is 74.3 Å². The second kappa shape index (κ2) is 12.9. The third-order valence-electron chi connectivity index (χ3n) is 9.94. The van der Waals surface area contributed by atoms with Gasteiger partial charge in [-0.25, -0.2) is 20.1 Å². The van der Waals surface area contributed by atoms with Crippen LogP contribution in [0.1, 0.15) is 77.2 Å². The quantitative estimate of drug-likeness (QED) is 0.0691. The van der Waals surface area contributed by atoms with Crippen LogP contribution in [-0.2, 0) is 14.1 Å². The minimum absolute atomic E-state index is 0.0311. The molecule has 13 nitrogen and oxygen atoms in total. The van der Waals surface area contributed by atoms with Gasteiger partial charge in [-0.15, -0.1) is 0 Å². The zero-order valence-corrected chi connectivity index (χ0v) is 26.6. The highest BCUT2D eigenvalue weighted by atomic mass is 16.7. The van der Waals surface area contributed by atoms with Crippen molar-refractivity contribution in [1.82, 2.24) is 21.0 Å². The molecule has 2 aromatic rings. The lowest BCUT2D eigenvalue weighted by Crippen LogP contribution is -2.65. The molecule has 4 fully saturated rings. The van der Waals surface area contributed by atoms with Gasteiger partial charge >= 0.3 is 7.12 Å². The van der Waals surface area contributed by atoms with E-state index in [0.717, 1.165) is 18.2 Å². The number of benzene rings is 1. The van der Waals surface area contributed by atoms with Crippen molar-refractivity contribution in [3.63, 3.8) is 0 Å². The van der Waals surface area contributed by atoms with E-state index in [4.69, 9.17) is 15.0 Å². The van der Waals surface area contributed by atoms with Gasteiger partial charge < -0.3 is 25.7 Å². The topological polar surface area (TPSA) is 183 Å². The van der Waals surface area contributed by atoms with Crippen molar-refractivity contribution in [2.75, 3.05) is 6.54 Å². The number of para-hydroxylation sites is 1. The number of carbonyl (C=O) groups is 2. The number of aromatic nitrogens is 1. The largest absolute Gasteiger partial charge is 0.481 e. The van der Waals surface area contributed by atoms with Crippen LogP contribution in [0.3, 0.4) is 0 Å². The van der Waals surface area contributed by atoms with Gasteiger partial charge in [-0.2, -0.15) is 0 Å². The van der Waals surface area contributed by atoms with E-state index in [-0.39, 0.29) is 48.0 Å². The van der Waals surface area contributed by atoms with E-state index in [1.54, 1.807) is 11.5 Å². The molecular weight excluding hydrogens is 577 g/mol. The Hall–Kier alpha value is -3.78. The van der Waals surface area contributed by atoms with E-state index in [1.165, 1.54) is 0 Å². The van der Waals surface area contributed by atoms with Crippen LogP contribution in [0.2, 0.25) is 0 Å². The molecule has 1 aromatic carbocycles. The molecular formula is C31H44BN7O6. The fraction of sp³-hybridized carbons (Fsp3) is 0.613. The third kappa shape index (κ3) is 6.91. The first-order valence-corrected chi connectivity index (χ1v) is 15.8. The first-order chi connectivity index (χ1) is 21.3. The summed E-state index contributed by atoms with van der Waals surface area (Å²) in [5, 5.41) is 16.7. The summed E-state index contributed by atoms with van der Waals surface area (Å²) in [7, 11) is -0.613. The summed E-state index contributed by atoms with van der Waals surface area (Å²) in [5.74, 6) is -0.426. The molecule has 2 bridgehead atoms. The van der Waals surface area contributed by atoms with Crippen LogP contribution in [-0.4, -0.2) is 65.1 Å². The Morgan fingerprint density at radius 2 is 1.93 bits per heavy atom. The number of guanidine groups is 1. The molecule has 6 atom stereocenters. The molecule has 1 aromatic heterocycles. The fourth-order valence-corrected chi connectivity index (χ4v) is 7.42. The van der Waals surface area contributed by atoms with E-state index in [9.17, 15) is 19.7 Å². The third-order valence-corrected chi connectivity index (χ3v) is 9.94. The van der Waals surface area contributed by atoms with Crippen LogP contribution in [0.15, 0.2) is 41.4 Å². The predicted octanol–water partition coefficient (Wildman–Crippen LogP) is 3.01. The maximum atomic E-state index is 13.9. The zero-order chi connectivity index (χ0) is 32.5. The van der Waals surface area contributed by atoms with E-state index >= 15 is 0 Å². The van der Waals surface area contributed by atoms with Crippen LogP contribution in [0.5, 0.6) is 0 Å². The molecule has 0 radical (unpaired) electrons. The fourth-order valence-electron chi connectivity index (χ4n) is 7.42. The molecule has 4 aliphatic rings. The average Bonchev–Trinajstić information content (AvgIpc) is 3.34. The first-order valence-electron chi connectivity index (χ1n) is 15.8. The van der Waals surface area contributed by atoms with Crippen molar-refractivity contribution in [2.45, 2.75) is 90.4 Å². The van der Waals surface area contributed by atoms with Crippen molar-refractivity contribution in [1.29, 1.82) is 0 Å². The van der Waals surface area contributed by atoms with Crippen molar-refractivity contribution >= 4 is 35.8 Å². The van der Waals surface area contributed by atoms with Crippen molar-refractivity contribution < 1.29 is 23.9 Å². The van der Waals surface area contributed by atoms with E-state index in [2.05, 4.69) is 55.2 Å². The second-order valence-electron chi connectivity index (χ2n) is 13.8. The van der Waals surface area contributed by atoms with Crippen LogP contribution in [0.4, 0.5) is 0 Å². The van der Waals surface area contributed by atoms with Gasteiger partial charge in [0.2, 0.25) is 5.91 Å². The maximum absolute atomic E-state index is 13.9. The lowest BCUT2D eigenvalue weighted by atomic mass is 9.43. The number of rotatable bonds is 12. The number of hydrogen-bond donors (Lipinski definition) is 4. The summed E-state index contributed by atoms with van der Waals surface area (Å²) in [5.41, 5.74) is 7.95. The van der Waals surface area contributed by atoms with Gasteiger partial charge in [-0.1, -0.05) is 57.4 Å². The molecule has 14 heteroatoms. The number of nitrogens with two attached hydrogens (primary N) is 1. The minimum Gasteiger partial charge on any atom is -0.404 e. The number of hydrogen-bond acceptors (Lipinski definition) is 8. The van der Waals surface area contributed by atoms with E-state index < -0.39 is 35.6 Å². The number of fused-ring (bicyclic) bond motifs is 1. The number of amides is 2. The Morgan fingerprint density at radius 1 is 1.18 bits per heavy atom. The lowest BCUT2D eigenvalue weighted by molar-refractivity contribution is -0.525. The first kappa shape index (κ1) is 32.6. The van der Waals surface area contributed by atoms with Crippen LogP contribution >= 0.6 is 0 Å². The molecule has 242 valence electrons. The Labute approximate surface area is 263 Å². The summed E-state index contributed by atoms with van der Waals surface area (Å²) >= 11 is 0. The summed E-state index contributed by atoms with van der Waals surface area (Å²) in [4.78, 5) is 46.3. The highest BCUT2D eigenvalue weighted by Crippen LogP contribution is 2.65. The number of aliphatic imine (C=N–C) groups is 1. The van der Waals surface area contributed by atoms with Crippen molar-refractivity contribution in [3.8, 4) is 0 Å². The molecule has 2 heterocycles. The molecule has 3 saturated carbocycles. The van der Waals surface area contributed by atoms with Gasteiger partial charge in [0.1, 0.15) is 11.7 Å². The van der Waals surface area contributed by atoms with Crippen molar-refractivity contribution in [3.05, 3.63) is 52.2 Å². The average molecular weight is 622 g/mol. The molecule has 6 rings (SSSR count). The van der Waals surface area contributed by atoms with Crippen LogP contribution < -0.4 is 21.8 Å². The standard InChI is InChI=1S/C31H44BN7O6/c1-18(2)15-26(32-44-25-17-20-16-24(30(20,3)4)31(25,5)45-32)37-28(41)22(11-8-14-34-29(33)38-39(42)43)36-27(40)23-13-12-19-9-6-7-10-21(19)35-23/h6-7,9-10,12-13,18,20,22,24-26H,8,11,14-17H2,1-5H3,(H,36,40)(H,37,41)(H3,33,34,38)/t20-,22-,24-,25+,26-,31-/m0/s1. The number of carbonyl (C=O) groups excluding carboxylic acids is 2. The molecule has 45 heavy (non-hydrogen) atoms. The molecule has 5 N–H and O–H groups in total. The Morgan fingerprint density at radius 3 is 2.64 bits per heavy atom. The number of hydrazine groups is 1. The molecule has 0 spiro atoms. The summed E-state index contributed by atoms with van der Waals surface area (Å²) in [6.07, 6.45) is 3.18. The number of pyridine rings is 1. The monoisotopic (exact) mass is 621 g/mol. The van der Waals surface area contributed by atoms with E-state index in [0.29, 0.717) is 30.2 Å². The Bertz CT molecular complexity index is 1470. The SMILES string of the molecule is CC(C)C[C@H](NC(=O)[C@H](CCCN=C(N)N[N+](=O)[O-])NC(=O)c1ccc2ccccc2n1)B1O[C@@H]2C[C@@H]3C[C@@H](C3(C)C)[C@]2(C)O1. The van der Waals surface area contributed by atoms with Gasteiger partial charge in [0.05, 0.1) is 23.2 Å². The Kier molecular flexibility index (Phi) is 9.36. The van der Waals surface area contributed by atoms with Gasteiger partial charge in [-0.3, -0.25) is 9.59 Å². The Balaban J connectivity index is 1.31. The lowest BCUT2D eigenvalue weighted by Gasteiger charge is -2.64. The van der Waals surface area contributed by atoms with Crippen LogP contribution in [0, 0.1) is 33.3 Å². The molecule has 3 aliphatic carbocycles. The predicted molar refractivity (Wildman–Crippen MR) is 170 cm³/mol. The number of nitrogens with zero attached hydrogens (tertiary/aromatic N) is 3. The number of nitrogens with one attached hydrogen (secondary N) is 3. The zero-order valence-electron chi connectivity index (χ0n) is 26.6. The van der Waals surface area contributed by atoms with Gasteiger partial charge in [0.25, 0.3) is 11.9 Å². The summed E-state index contributed by atoms with van der Waals surface area (Å²) in [6.45, 7) is 11.0. The minimum atomic E-state index is -0.939. The molecule has 2 amide bonds. The number of nitro groups is 1. The normalized spacial score (nSPS) is 26.5. The van der Waals surface area contributed by atoms with E-state index in [1.807, 2.05) is 30.3 Å².